The van der Waals surface area contributed by atoms with Crippen molar-refractivity contribution in [3.63, 3.8) is 0 Å². The predicted octanol–water partition coefficient (Wildman–Crippen LogP) is -0.0499. The van der Waals surface area contributed by atoms with Gasteiger partial charge in [0, 0.05) is 12.5 Å². The molecule has 1 rings (SSSR count). The third-order valence-electron chi connectivity index (χ3n) is 2.13. The summed E-state index contributed by atoms with van der Waals surface area (Å²) in [5, 5.41) is 0. The molecule has 0 aromatic heterocycles. The van der Waals surface area contributed by atoms with E-state index in [1.807, 2.05) is 0 Å². The lowest BCUT2D eigenvalue weighted by Crippen LogP contribution is -2.36. The average molecular weight is 275 g/mol. The van der Waals surface area contributed by atoms with Gasteiger partial charge in [0.05, 0.1) is 5.69 Å². The fourth-order valence-corrected chi connectivity index (χ4v) is 2.80. The lowest BCUT2D eigenvalue weighted by Gasteiger charge is -2.13. The normalized spacial score (nSPS) is 13.2. The highest BCUT2D eigenvalue weighted by molar-refractivity contribution is 7.89. The second-order valence-corrected chi connectivity index (χ2v) is 5.56. The van der Waals surface area contributed by atoms with Gasteiger partial charge in [-0.2, -0.15) is 0 Å². The molecule has 1 amide bonds. The Balaban J connectivity index is 2.99. The topological polar surface area (TPSA) is 115 Å². The fraction of sp³-hybridized carbons (Fsp3) is 0.300. The number of hydrogen-bond acceptors (Lipinski definition) is 4. The monoisotopic (exact) mass is 275 g/mol. The standard InChI is InChI=1S/C10H14FN3O3S/c1-6(4-10(13)15)14-18(16,17)9-5-7(11)2-3-8(9)12/h2-3,5-6,14H,4,12H2,1H3,(H2,13,15). The number of rotatable bonds is 5. The maximum absolute atomic E-state index is 13.0. The molecule has 8 heteroatoms. The van der Waals surface area contributed by atoms with Crippen molar-refractivity contribution in [2.24, 2.45) is 5.73 Å². The SMILES string of the molecule is CC(CC(N)=O)NS(=O)(=O)c1cc(F)ccc1N. The van der Waals surface area contributed by atoms with Crippen molar-refractivity contribution in [3.05, 3.63) is 24.0 Å². The van der Waals surface area contributed by atoms with E-state index in [1.54, 1.807) is 0 Å². The molecule has 100 valence electrons. The van der Waals surface area contributed by atoms with Gasteiger partial charge in [-0.25, -0.2) is 17.5 Å². The summed E-state index contributed by atoms with van der Waals surface area (Å²) in [7, 11) is -3.98. The van der Waals surface area contributed by atoms with Gasteiger partial charge in [-0.05, 0) is 25.1 Å². The number of nitrogen functional groups attached to an aromatic ring is 1. The van der Waals surface area contributed by atoms with Crippen LogP contribution in [0.5, 0.6) is 0 Å². The first-order chi connectivity index (χ1) is 8.22. The van der Waals surface area contributed by atoms with Crippen LogP contribution in [-0.2, 0) is 14.8 Å². The summed E-state index contributed by atoms with van der Waals surface area (Å²) in [6.45, 7) is 1.47. The number of carbonyl (C=O) groups excluding carboxylic acids is 1. The summed E-state index contributed by atoms with van der Waals surface area (Å²) in [4.78, 5) is 10.3. The number of sulfonamides is 1. The van der Waals surface area contributed by atoms with Crippen LogP contribution in [0, 0.1) is 5.82 Å². The molecule has 0 saturated heterocycles. The van der Waals surface area contributed by atoms with Crippen LogP contribution in [0.3, 0.4) is 0 Å². The first-order valence-electron chi connectivity index (χ1n) is 5.08. The van der Waals surface area contributed by atoms with Gasteiger partial charge >= 0.3 is 0 Å². The Kier molecular flexibility index (Phi) is 4.25. The number of anilines is 1. The maximum Gasteiger partial charge on any atom is 0.242 e. The molecule has 0 bridgehead atoms. The smallest absolute Gasteiger partial charge is 0.242 e. The van der Waals surface area contributed by atoms with Gasteiger partial charge in [0.1, 0.15) is 10.7 Å². The number of carbonyl (C=O) groups is 1. The molecule has 1 atom stereocenters. The summed E-state index contributed by atoms with van der Waals surface area (Å²) in [5.74, 6) is -1.36. The van der Waals surface area contributed by atoms with Crippen LogP contribution in [-0.4, -0.2) is 20.4 Å². The van der Waals surface area contributed by atoms with Crippen molar-refractivity contribution in [3.8, 4) is 0 Å². The van der Waals surface area contributed by atoms with Crippen LogP contribution in [0.4, 0.5) is 10.1 Å². The second-order valence-electron chi connectivity index (χ2n) is 3.87. The largest absolute Gasteiger partial charge is 0.398 e. The summed E-state index contributed by atoms with van der Waals surface area (Å²) < 4.78 is 39.0. The fourth-order valence-electron chi connectivity index (χ4n) is 1.41. The molecule has 0 aliphatic heterocycles. The number of nitrogens with two attached hydrogens (primary N) is 2. The zero-order valence-electron chi connectivity index (χ0n) is 9.68. The van der Waals surface area contributed by atoms with Crippen LogP contribution in [0.1, 0.15) is 13.3 Å². The molecule has 0 aliphatic carbocycles. The summed E-state index contributed by atoms with van der Waals surface area (Å²) in [6, 6.07) is 2.33. The Morgan fingerprint density at radius 3 is 2.67 bits per heavy atom. The highest BCUT2D eigenvalue weighted by atomic mass is 32.2. The molecular weight excluding hydrogens is 261 g/mol. The Labute approximate surface area is 104 Å². The minimum absolute atomic E-state index is 0.0739. The van der Waals surface area contributed by atoms with Crippen molar-refractivity contribution in [1.29, 1.82) is 0 Å². The van der Waals surface area contributed by atoms with Crippen molar-refractivity contribution in [2.45, 2.75) is 24.3 Å². The number of benzene rings is 1. The Hall–Kier alpha value is -1.67. The molecule has 0 fully saturated rings. The summed E-state index contributed by atoms with van der Waals surface area (Å²) in [6.07, 6.45) is -0.158. The average Bonchev–Trinajstić information content (AvgIpc) is 2.19. The molecule has 1 aromatic carbocycles. The van der Waals surface area contributed by atoms with Crippen molar-refractivity contribution < 1.29 is 17.6 Å². The molecule has 1 aromatic rings. The molecule has 0 radical (unpaired) electrons. The Morgan fingerprint density at radius 1 is 1.50 bits per heavy atom. The van der Waals surface area contributed by atoms with E-state index in [9.17, 15) is 17.6 Å². The van der Waals surface area contributed by atoms with Crippen molar-refractivity contribution in [1.82, 2.24) is 4.72 Å². The molecular formula is C10H14FN3O3S. The van der Waals surface area contributed by atoms with Gasteiger partial charge in [0.15, 0.2) is 0 Å². The van der Waals surface area contributed by atoms with E-state index in [1.165, 1.54) is 6.92 Å². The van der Waals surface area contributed by atoms with E-state index < -0.39 is 27.8 Å². The molecule has 0 heterocycles. The van der Waals surface area contributed by atoms with E-state index >= 15 is 0 Å². The number of amides is 1. The van der Waals surface area contributed by atoms with Crippen LogP contribution >= 0.6 is 0 Å². The van der Waals surface area contributed by atoms with Gasteiger partial charge in [0.25, 0.3) is 0 Å². The van der Waals surface area contributed by atoms with E-state index in [-0.39, 0.29) is 17.0 Å². The predicted molar refractivity (Wildman–Crippen MR) is 64.4 cm³/mol. The summed E-state index contributed by atoms with van der Waals surface area (Å²) >= 11 is 0. The quantitative estimate of drug-likeness (QED) is 0.653. The Morgan fingerprint density at radius 2 is 2.11 bits per heavy atom. The Bertz CT molecular complexity index is 559. The number of primary amides is 1. The molecule has 18 heavy (non-hydrogen) atoms. The minimum atomic E-state index is -3.98. The zero-order valence-corrected chi connectivity index (χ0v) is 10.5. The van der Waals surface area contributed by atoms with Gasteiger partial charge < -0.3 is 11.5 Å². The van der Waals surface area contributed by atoms with Crippen LogP contribution in [0.25, 0.3) is 0 Å². The van der Waals surface area contributed by atoms with E-state index in [2.05, 4.69) is 4.72 Å². The van der Waals surface area contributed by atoms with Gasteiger partial charge in [-0.15, -0.1) is 0 Å². The van der Waals surface area contributed by atoms with Crippen molar-refractivity contribution in [2.75, 3.05) is 5.73 Å². The zero-order chi connectivity index (χ0) is 13.9. The summed E-state index contributed by atoms with van der Waals surface area (Å²) in [5.41, 5.74) is 10.3. The number of halogens is 1. The lowest BCUT2D eigenvalue weighted by molar-refractivity contribution is -0.118. The highest BCUT2D eigenvalue weighted by Crippen LogP contribution is 2.19. The first-order valence-corrected chi connectivity index (χ1v) is 6.56. The van der Waals surface area contributed by atoms with Crippen molar-refractivity contribution >= 4 is 21.6 Å². The van der Waals surface area contributed by atoms with E-state index in [4.69, 9.17) is 11.5 Å². The third-order valence-corrected chi connectivity index (χ3v) is 3.77. The van der Waals surface area contributed by atoms with Gasteiger partial charge in [-0.1, -0.05) is 0 Å². The van der Waals surface area contributed by atoms with Gasteiger partial charge in [0.2, 0.25) is 15.9 Å². The molecule has 0 aliphatic rings. The lowest BCUT2D eigenvalue weighted by atomic mass is 10.2. The van der Waals surface area contributed by atoms with E-state index in [0.717, 1.165) is 18.2 Å². The van der Waals surface area contributed by atoms with E-state index in [0.29, 0.717) is 0 Å². The first kappa shape index (κ1) is 14.4. The number of hydrogen-bond donors (Lipinski definition) is 3. The number of nitrogens with one attached hydrogen (secondary N) is 1. The maximum atomic E-state index is 13.0. The van der Waals surface area contributed by atoms with Crippen LogP contribution in [0.2, 0.25) is 0 Å². The molecule has 0 saturated carbocycles. The molecule has 6 nitrogen and oxygen atoms in total. The van der Waals surface area contributed by atoms with Crippen LogP contribution in [0.15, 0.2) is 23.1 Å². The molecule has 1 unspecified atom stereocenters. The second kappa shape index (κ2) is 5.32. The minimum Gasteiger partial charge on any atom is -0.398 e. The third kappa shape index (κ3) is 3.67. The van der Waals surface area contributed by atoms with Gasteiger partial charge in [-0.3, -0.25) is 4.79 Å². The molecule has 5 N–H and O–H groups in total. The van der Waals surface area contributed by atoms with Crippen LogP contribution < -0.4 is 16.2 Å². The highest BCUT2D eigenvalue weighted by Gasteiger charge is 2.21. The molecule has 0 spiro atoms.